The Morgan fingerprint density at radius 2 is 2.06 bits per heavy atom. The highest BCUT2D eigenvalue weighted by Gasteiger charge is 2.48. The normalized spacial score (nSPS) is 24.1. The van der Waals surface area contributed by atoms with Gasteiger partial charge in [0.25, 0.3) is 5.78 Å². The minimum Gasteiger partial charge on any atom is -0.501 e. The first-order valence-electron chi connectivity index (χ1n) is 4.75. The fourth-order valence-electron chi connectivity index (χ4n) is 1.70. The predicted molar refractivity (Wildman–Crippen MR) is 53.6 cm³/mol. The number of carbonyl (C=O) groups excluding carboxylic acids is 1. The number of ether oxygens (including phenoxy) is 1. The fourth-order valence-corrected chi connectivity index (χ4v) is 1.70. The summed E-state index contributed by atoms with van der Waals surface area (Å²) in [5.74, 6) is -4.49. The van der Waals surface area contributed by atoms with Crippen LogP contribution in [-0.4, -0.2) is 10.9 Å². The highest BCUT2D eigenvalue weighted by atomic mass is 19.2. The van der Waals surface area contributed by atoms with Crippen molar-refractivity contribution in [3.05, 3.63) is 47.0 Å². The van der Waals surface area contributed by atoms with Gasteiger partial charge in [-0.05, 0) is 13.0 Å². The molecule has 1 atom stereocenters. The molecule has 1 heterocycles. The Labute approximate surface area is 95.3 Å². The number of rotatable bonds is 1. The van der Waals surface area contributed by atoms with E-state index >= 15 is 0 Å². The highest BCUT2D eigenvalue weighted by molar-refractivity contribution is 6.02. The van der Waals surface area contributed by atoms with Crippen molar-refractivity contribution in [2.45, 2.75) is 12.5 Å². The van der Waals surface area contributed by atoms with Crippen LogP contribution in [0, 0.1) is 11.6 Å². The maximum atomic E-state index is 13.6. The Kier molecular flexibility index (Phi) is 2.30. The number of ketones is 1. The average Bonchev–Trinajstić information content (AvgIpc) is 2.48. The van der Waals surface area contributed by atoms with E-state index in [2.05, 4.69) is 0 Å². The van der Waals surface area contributed by atoms with Gasteiger partial charge in [-0.15, -0.1) is 0 Å². The molecule has 0 aliphatic carbocycles. The zero-order valence-corrected chi connectivity index (χ0v) is 8.83. The molecule has 0 saturated heterocycles. The van der Waals surface area contributed by atoms with Crippen LogP contribution in [-0.2, 0) is 15.1 Å². The molecule has 0 spiro atoms. The summed E-state index contributed by atoms with van der Waals surface area (Å²) in [5, 5.41) is 9.29. The maximum absolute atomic E-state index is 13.6. The summed E-state index contributed by atoms with van der Waals surface area (Å²) < 4.78 is 31.6. The highest BCUT2D eigenvalue weighted by Crippen LogP contribution is 2.37. The van der Waals surface area contributed by atoms with Gasteiger partial charge in [-0.3, -0.25) is 4.79 Å². The van der Waals surface area contributed by atoms with E-state index in [4.69, 9.17) is 10.5 Å². The van der Waals surface area contributed by atoms with Gasteiger partial charge in [-0.1, -0.05) is 12.1 Å². The number of halogens is 2. The molecule has 90 valence electrons. The van der Waals surface area contributed by atoms with Gasteiger partial charge in [-0.25, -0.2) is 8.78 Å². The number of Topliss-reactive ketones (excluding diaryl/α,β-unsaturated/α-hetero) is 1. The van der Waals surface area contributed by atoms with Crippen LogP contribution in [0.25, 0.3) is 0 Å². The summed E-state index contributed by atoms with van der Waals surface area (Å²) in [5.41, 5.74) is 3.10. The molecule has 0 bridgehead atoms. The van der Waals surface area contributed by atoms with Crippen LogP contribution in [0.1, 0.15) is 12.5 Å². The zero-order valence-electron chi connectivity index (χ0n) is 8.83. The Balaban J connectivity index is 2.56. The Bertz CT molecular complexity index is 542. The third-order valence-corrected chi connectivity index (χ3v) is 2.66. The van der Waals surface area contributed by atoms with Crippen molar-refractivity contribution in [2.24, 2.45) is 5.73 Å². The quantitative estimate of drug-likeness (QED) is 0.780. The smallest absolute Gasteiger partial charge is 0.250 e. The SMILES string of the molecule is CC1(c2cccc(F)c2F)OC(N)=C(O)C1=O. The first kappa shape index (κ1) is 11.4. The molecule has 1 aromatic rings. The first-order valence-corrected chi connectivity index (χ1v) is 4.75. The van der Waals surface area contributed by atoms with Crippen molar-refractivity contribution in [2.75, 3.05) is 0 Å². The van der Waals surface area contributed by atoms with Crippen LogP contribution in [0.5, 0.6) is 0 Å². The van der Waals surface area contributed by atoms with E-state index in [1.165, 1.54) is 19.1 Å². The predicted octanol–water partition coefficient (Wildman–Crippen LogP) is 1.47. The molecule has 0 saturated carbocycles. The monoisotopic (exact) mass is 241 g/mol. The molecule has 3 N–H and O–H groups in total. The molecule has 17 heavy (non-hydrogen) atoms. The van der Waals surface area contributed by atoms with Gasteiger partial charge in [0.1, 0.15) is 0 Å². The van der Waals surface area contributed by atoms with Crippen LogP contribution in [0.4, 0.5) is 8.78 Å². The lowest BCUT2D eigenvalue weighted by atomic mass is 9.91. The van der Waals surface area contributed by atoms with Crippen LogP contribution in [0.15, 0.2) is 29.8 Å². The summed E-state index contributed by atoms with van der Waals surface area (Å²) in [6, 6.07) is 3.35. The molecule has 2 rings (SSSR count). The standard InChI is InChI=1S/C11H9F2NO3/c1-11(9(16)8(15)10(14)17-11)5-3-2-4-6(12)7(5)13/h2-4,15H,14H2,1H3. The lowest BCUT2D eigenvalue weighted by Gasteiger charge is -2.23. The van der Waals surface area contributed by atoms with Crippen LogP contribution < -0.4 is 5.73 Å². The third kappa shape index (κ3) is 1.44. The van der Waals surface area contributed by atoms with Gasteiger partial charge in [0.15, 0.2) is 11.6 Å². The van der Waals surface area contributed by atoms with Gasteiger partial charge < -0.3 is 15.6 Å². The van der Waals surface area contributed by atoms with Crippen molar-refractivity contribution in [3.63, 3.8) is 0 Å². The number of hydrogen-bond donors (Lipinski definition) is 2. The molecule has 0 amide bonds. The van der Waals surface area contributed by atoms with Gasteiger partial charge in [0.05, 0.1) is 0 Å². The molecular weight excluding hydrogens is 232 g/mol. The van der Waals surface area contributed by atoms with E-state index in [1.54, 1.807) is 0 Å². The zero-order chi connectivity index (χ0) is 12.8. The summed E-state index contributed by atoms with van der Waals surface area (Å²) in [6.45, 7) is 1.21. The van der Waals surface area contributed by atoms with Crippen molar-refractivity contribution >= 4 is 5.78 Å². The number of aliphatic hydroxyl groups is 1. The largest absolute Gasteiger partial charge is 0.501 e. The number of aliphatic hydroxyl groups excluding tert-OH is 1. The van der Waals surface area contributed by atoms with Crippen LogP contribution in [0.3, 0.4) is 0 Å². The van der Waals surface area contributed by atoms with Gasteiger partial charge in [-0.2, -0.15) is 0 Å². The molecule has 1 unspecified atom stereocenters. The Hall–Kier alpha value is -2.11. The average molecular weight is 241 g/mol. The summed E-state index contributed by atoms with van der Waals surface area (Å²) >= 11 is 0. The lowest BCUT2D eigenvalue weighted by molar-refractivity contribution is -0.131. The number of hydrogen-bond acceptors (Lipinski definition) is 4. The lowest BCUT2D eigenvalue weighted by Crippen LogP contribution is -2.32. The molecule has 0 fully saturated rings. The van der Waals surface area contributed by atoms with Crippen molar-refractivity contribution in [1.82, 2.24) is 0 Å². The first-order chi connectivity index (χ1) is 7.88. The molecule has 1 aliphatic rings. The molecule has 0 aromatic heterocycles. The third-order valence-electron chi connectivity index (χ3n) is 2.66. The number of carbonyl (C=O) groups is 1. The number of benzene rings is 1. The van der Waals surface area contributed by atoms with Crippen molar-refractivity contribution < 1.29 is 23.4 Å². The van der Waals surface area contributed by atoms with E-state index in [0.29, 0.717) is 0 Å². The van der Waals surface area contributed by atoms with Gasteiger partial charge in [0.2, 0.25) is 17.2 Å². The van der Waals surface area contributed by atoms with E-state index in [0.717, 1.165) is 6.07 Å². The maximum Gasteiger partial charge on any atom is 0.250 e. The summed E-state index contributed by atoms with van der Waals surface area (Å²) in [4.78, 5) is 11.7. The second-order valence-electron chi connectivity index (χ2n) is 3.78. The minimum atomic E-state index is -1.83. The fraction of sp³-hybridized carbons (Fsp3) is 0.182. The van der Waals surface area contributed by atoms with E-state index in [9.17, 15) is 18.7 Å². The molecule has 1 aromatic carbocycles. The van der Waals surface area contributed by atoms with Crippen LogP contribution in [0.2, 0.25) is 0 Å². The van der Waals surface area contributed by atoms with Gasteiger partial charge in [0, 0.05) is 5.56 Å². The van der Waals surface area contributed by atoms with E-state index in [1.807, 2.05) is 0 Å². The summed E-state index contributed by atoms with van der Waals surface area (Å²) in [6.07, 6.45) is 0. The number of nitrogens with two attached hydrogens (primary N) is 1. The van der Waals surface area contributed by atoms with E-state index < -0.39 is 34.7 Å². The second-order valence-corrected chi connectivity index (χ2v) is 3.78. The second kappa shape index (κ2) is 3.44. The molecular formula is C11H9F2NO3. The van der Waals surface area contributed by atoms with Crippen molar-refractivity contribution in [3.8, 4) is 0 Å². The summed E-state index contributed by atoms with van der Waals surface area (Å²) in [7, 11) is 0. The van der Waals surface area contributed by atoms with Crippen LogP contribution >= 0.6 is 0 Å². The molecule has 6 heteroatoms. The Morgan fingerprint density at radius 1 is 1.41 bits per heavy atom. The molecule has 0 radical (unpaired) electrons. The topological polar surface area (TPSA) is 72.6 Å². The Morgan fingerprint density at radius 3 is 2.59 bits per heavy atom. The molecule has 1 aliphatic heterocycles. The van der Waals surface area contributed by atoms with Crippen molar-refractivity contribution in [1.29, 1.82) is 0 Å². The van der Waals surface area contributed by atoms with Gasteiger partial charge >= 0.3 is 0 Å². The minimum absolute atomic E-state index is 0.311. The molecule has 4 nitrogen and oxygen atoms in total. The van der Waals surface area contributed by atoms with E-state index in [-0.39, 0.29) is 5.56 Å².